The molecule has 1 saturated heterocycles. The molecule has 0 aliphatic carbocycles. The molecule has 0 spiro atoms. The standard InChI is InChI=1S/C11H21NO2/c1-10(14)5-8-12-7-3-2-4-11(12)6-9-13/h11,13H,2-9H2,1H3. The average Bonchev–Trinajstić information content (AvgIpc) is 2.17. The molecule has 0 bridgehead atoms. The monoisotopic (exact) mass is 199 g/mol. The van der Waals surface area contributed by atoms with Crippen LogP contribution in [-0.2, 0) is 4.79 Å². The van der Waals surface area contributed by atoms with E-state index in [9.17, 15) is 4.79 Å². The Balaban J connectivity index is 2.33. The van der Waals surface area contributed by atoms with Crippen molar-refractivity contribution >= 4 is 5.78 Å². The van der Waals surface area contributed by atoms with Crippen molar-refractivity contribution in [1.82, 2.24) is 4.90 Å². The van der Waals surface area contributed by atoms with Crippen molar-refractivity contribution < 1.29 is 9.90 Å². The number of aliphatic hydroxyl groups is 1. The lowest BCUT2D eigenvalue weighted by atomic mass is 9.99. The molecule has 1 aliphatic rings. The molecular weight excluding hydrogens is 178 g/mol. The van der Waals surface area contributed by atoms with Crippen LogP contribution in [0.5, 0.6) is 0 Å². The number of rotatable bonds is 5. The highest BCUT2D eigenvalue weighted by molar-refractivity contribution is 5.75. The lowest BCUT2D eigenvalue weighted by Gasteiger charge is -2.35. The van der Waals surface area contributed by atoms with Gasteiger partial charge in [0.1, 0.15) is 5.78 Å². The molecule has 0 aromatic rings. The minimum absolute atomic E-state index is 0.262. The highest BCUT2D eigenvalue weighted by atomic mass is 16.3. The van der Waals surface area contributed by atoms with Gasteiger partial charge in [0.05, 0.1) is 0 Å². The van der Waals surface area contributed by atoms with Crippen LogP contribution in [0.15, 0.2) is 0 Å². The summed E-state index contributed by atoms with van der Waals surface area (Å²) in [4.78, 5) is 13.2. The van der Waals surface area contributed by atoms with Crippen LogP contribution >= 0.6 is 0 Å². The minimum atomic E-state index is 0.262. The van der Waals surface area contributed by atoms with E-state index in [1.54, 1.807) is 6.92 Å². The Morgan fingerprint density at radius 1 is 1.50 bits per heavy atom. The summed E-state index contributed by atoms with van der Waals surface area (Å²) in [7, 11) is 0. The van der Waals surface area contributed by atoms with Gasteiger partial charge in [0.15, 0.2) is 0 Å². The maximum absolute atomic E-state index is 10.9. The number of ketones is 1. The van der Waals surface area contributed by atoms with Crippen molar-refractivity contribution in [3.05, 3.63) is 0 Å². The summed E-state index contributed by atoms with van der Waals surface area (Å²) in [5, 5.41) is 8.92. The summed E-state index contributed by atoms with van der Waals surface area (Å²) in [6.45, 7) is 3.88. The molecule has 3 heteroatoms. The number of hydrogen-bond acceptors (Lipinski definition) is 3. The number of carbonyl (C=O) groups is 1. The average molecular weight is 199 g/mol. The van der Waals surface area contributed by atoms with E-state index in [1.807, 2.05) is 0 Å². The maximum atomic E-state index is 10.9. The molecule has 1 aliphatic heterocycles. The predicted molar refractivity (Wildman–Crippen MR) is 56.2 cm³/mol. The minimum Gasteiger partial charge on any atom is -0.396 e. The van der Waals surface area contributed by atoms with Crippen LogP contribution in [0.3, 0.4) is 0 Å². The number of aliphatic hydroxyl groups excluding tert-OH is 1. The fraction of sp³-hybridized carbons (Fsp3) is 0.909. The lowest BCUT2D eigenvalue weighted by molar-refractivity contribution is -0.117. The third kappa shape index (κ3) is 3.76. The van der Waals surface area contributed by atoms with Crippen molar-refractivity contribution in [3.8, 4) is 0 Å². The molecule has 1 fully saturated rings. The fourth-order valence-electron chi connectivity index (χ4n) is 2.13. The second kappa shape index (κ2) is 6.14. The summed E-state index contributed by atoms with van der Waals surface area (Å²) in [5.74, 6) is 0.262. The van der Waals surface area contributed by atoms with Crippen LogP contribution in [0.25, 0.3) is 0 Å². The molecule has 1 N–H and O–H groups in total. The smallest absolute Gasteiger partial charge is 0.131 e. The van der Waals surface area contributed by atoms with E-state index in [0.29, 0.717) is 12.5 Å². The van der Waals surface area contributed by atoms with Crippen molar-refractivity contribution in [1.29, 1.82) is 0 Å². The maximum Gasteiger partial charge on any atom is 0.131 e. The van der Waals surface area contributed by atoms with Gasteiger partial charge in [0.2, 0.25) is 0 Å². The van der Waals surface area contributed by atoms with Gasteiger partial charge in [-0.2, -0.15) is 0 Å². The Morgan fingerprint density at radius 2 is 2.29 bits per heavy atom. The van der Waals surface area contributed by atoms with Crippen LogP contribution in [-0.4, -0.2) is 41.5 Å². The third-order valence-corrected chi connectivity index (χ3v) is 2.96. The largest absolute Gasteiger partial charge is 0.396 e. The van der Waals surface area contributed by atoms with Gasteiger partial charge >= 0.3 is 0 Å². The zero-order valence-corrected chi connectivity index (χ0v) is 9.04. The zero-order valence-electron chi connectivity index (χ0n) is 9.04. The second-order valence-electron chi connectivity index (χ2n) is 4.15. The van der Waals surface area contributed by atoms with Gasteiger partial charge in [-0.05, 0) is 32.7 Å². The van der Waals surface area contributed by atoms with Gasteiger partial charge in [-0.15, -0.1) is 0 Å². The van der Waals surface area contributed by atoms with E-state index in [0.717, 1.165) is 19.5 Å². The van der Waals surface area contributed by atoms with Crippen LogP contribution in [0.4, 0.5) is 0 Å². The van der Waals surface area contributed by atoms with Gasteiger partial charge < -0.3 is 5.11 Å². The first kappa shape index (κ1) is 11.7. The van der Waals surface area contributed by atoms with Crippen LogP contribution < -0.4 is 0 Å². The topological polar surface area (TPSA) is 40.5 Å². The molecular formula is C11H21NO2. The molecule has 1 unspecified atom stereocenters. The number of carbonyl (C=O) groups excluding carboxylic acids is 1. The van der Waals surface area contributed by atoms with E-state index < -0.39 is 0 Å². The first-order valence-corrected chi connectivity index (χ1v) is 5.58. The highest BCUT2D eigenvalue weighted by Crippen LogP contribution is 2.19. The van der Waals surface area contributed by atoms with E-state index >= 15 is 0 Å². The SMILES string of the molecule is CC(=O)CCN1CCCCC1CCO. The summed E-state index contributed by atoms with van der Waals surface area (Å²) in [5.41, 5.74) is 0. The van der Waals surface area contributed by atoms with Crippen LogP contribution in [0.1, 0.15) is 39.0 Å². The normalized spacial score (nSPS) is 23.7. The molecule has 0 amide bonds. The van der Waals surface area contributed by atoms with Gasteiger partial charge in [-0.1, -0.05) is 6.42 Å². The molecule has 0 radical (unpaired) electrons. The molecule has 0 saturated carbocycles. The molecule has 3 nitrogen and oxygen atoms in total. The molecule has 82 valence electrons. The van der Waals surface area contributed by atoms with Crippen molar-refractivity contribution in [2.24, 2.45) is 0 Å². The van der Waals surface area contributed by atoms with Crippen LogP contribution in [0.2, 0.25) is 0 Å². The zero-order chi connectivity index (χ0) is 10.4. The van der Waals surface area contributed by atoms with E-state index in [4.69, 9.17) is 5.11 Å². The van der Waals surface area contributed by atoms with Crippen LogP contribution in [0, 0.1) is 0 Å². The fourth-order valence-corrected chi connectivity index (χ4v) is 2.13. The van der Waals surface area contributed by atoms with Crippen molar-refractivity contribution in [2.75, 3.05) is 19.7 Å². The van der Waals surface area contributed by atoms with Gasteiger partial charge in [-0.3, -0.25) is 9.69 Å². The lowest BCUT2D eigenvalue weighted by Crippen LogP contribution is -2.41. The summed E-state index contributed by atoms with van der Waals surface area (Å²) >= 11 is 0. The van der Waals surface area contributed by atoms with Gasteiger partial charge in [0, 0.05) is 25.6 Å². The quantitative estimate of drug-likeness (QED) is 0.723. The molecule has 0 aromatic heterocycles. The molecule has 1 rings (SSSR count). The Bertz CT molecular complexity index is 180. The molecule has 1 heterocycles. The Labute approximate surface area is 86.1 Å². The summed E-state index contributed by atoms with van der Waals surface area (Å²) < 4.78 is 0. The van der Waals surface area contributed by atoms with E-state index in [-0.39, 0.29) is 12.4 Å². The number of hydrogen-bond donors (Lipinski definition) is 1. The number of Topliss-reactive ketones (excluding diaryl/α,β-unsaturated/α-hetero) is 1. The first-order chi connectivity index (χ1) is 6.74. The number of likely N-dealkylation sites (tertiary alicyclic amines) is 1. The van der Waals surface area contributed by atoms with Crippen molar-refractivity contribution in [3.63, 3.8) is 0 Å². The first-order valence-electron chi connectivity index (χ1n) is 5.58. The third-order valence-electron chi connectivity index (χ3n) is 2.96. The second-order valence-corrected chi connectivity index (χ2v) is 4.15. The predicted octanol–water partition coefficient (Wildman–Crippen LogP) is 1.20. The van der Waals surface area contributed by atoms with E-state index in [1.165, 1.54) is 19.3 Å². The Morgan fingerprint density at radius 3 is 2.93 bits per heavy atom. The Kier molecular flexibility index (Phi) is 5.12. The Hall–Kier alpha value is -0.410. The molecule has 1 atom stereocenters. The van der Waals surface area contributed by atoms with Gasteiger partial charge in [0.25, 0.3) is 0 Å². The molecule has 14 heavy (non-hydrogen) atoms. The summed E-state index contributed by atoms with van der Waals surface area (Å²) in [6, 6.07) is 0.507. The summed E-state index contributed by atoms with van der Waals surface area (Å²) in [6.07, 6.45) is 5.19. The molecule has 0 aromatic carbocycles. The van der Waals surface area contributed by atoms with E-state index in [2.05, 4.69) is 4.90 Å². The van der Waals surface area contributed by atoms with Gasteiger partial charge in [-0.25, -0.2) is 0 Å². The number of piperidine rings is 1. The highest BCUT2D eigenvalue weighted by Gasteiger charge is 2.21. The van der Waals surface area contributed by atoms with Crippen molar-refractivity contribution in [2.45, 2.75) is 45.1 Å². The number of nitrogens with zero attached hydrogens (tertiary/aromatic N) is 1.